The van der Waals surface area contributed by atoms with E-state index in [1.165, 1.54) is 7.11 Å². The number of carbonyl (C=O) groups excluding carboxylic acids is 2. The van der Waals surface area contributed by atoms with Crippen LogP contribution in [-0.4, -0.2) is 39.4 Å². The van der Waals surface area contributed by atoms with E-state index >= 15 is 0 Å². The molecule has 2 N–H and O–H groups in total. The molecule has 0 atom stereocenters. The molecule has 0 radical (unpaired) electrons. The monoisotopic (exact) mass is 266 g/mol. The fourth-order valence-corrected chi connectivity index (χ4v) is 1.48. The number of nitrogens with one attached hydrogen (secondary N) is 2. The third kappa shape index (κ3) is 4.59. The van der Waals surface area contributed by atoms with E-state index in [1.54, 1.807) is 32.2 Å². The summed E-state index contributed by atoms with van der Waals surface area (Å²) in [6.45, 7) is 2.69. The smallest absolute Gasteiger partial charge is 0.337 e. The Morgan fingerprint density at radius 2 is 2.00 bits per heavy atom. The summed E-state index contributed by atoms with van der Waals surface area (Å²) in [4.78, 5) is 22.9. The lowest BCUT2D eigenvalue weighted by Crippen LogP contribution is -2.31. The molecule has 2 amide bonds. The number of aryl methyl sites for hydroxylation is 1. The first-order valence-corrected chi connectivity index (χ1v) is 5.81. The van der Waals surface area contributed by atoms with Crippen LogP contribution in [0.5, 0.6) is 0 Å². The van der Waals surface area contributed by atoms with Gasteiger partial charge >= 0.3 is 12.0 Å². The standard InChI is InChI=1S/C13H18N2O4/c1-9-8-10(12(16)19-3)4-5-11(9)15-13(17)14-6-7-18-2/h4-5,8H,6-7H2,1-3H3,(H2,14,15,17). The molecular weight excluding hydrogens is 248 g/mol. The second-order valence-electron chi connectivity index (χ2n) is 3.89. The van der Waals surface area contributed by atoms with Gasteiger partial charge in [-0.1, -0.05) is 0 Å². The third-order valence-corrected chi connectivity index (χ3v) is 2.49. The lowest BCUT2D eigenvalue weighted by molar-refractivity contribution is 0.0600. The number of urea groups is 1. The Morgan fingerprint density at radius 3 is 2.58 bits per heavy atom. The summed E-state index contributed by atoms with van der Waals surface area (Å²) < 4.78 is 9.45. The molecule has 0 bridgehead atoms. The van der Waals surface area contributed by atoms with Crippen LogP contribution in [0.3, 0.4) is 0 Å². The van der Waals surface area contributed by atoms with Crippen LogP contribution < -0.4 is 10.6 Å². The zero-order chi connectivity index (χ0) is 14.3. The fourth-order valence-electron chi connectivity index (χ4n) is 1.48. The van der Waals surface area contributed by atoms with Crippen molar-refractivity contribution in [2.75, 3.05) is 32.7 Å². The Balaban J connectivity index is 2.64. The zero-order valence-electron chi connectivity index (χ0n) is 11.3. The Morgan fingerprint density at radius 1 is 1.26 bits per heavy atom. The molecule has 1 aromatic carbocycles. The molecule has 0 spiro atoms. The Hall–Kier alpha value is -2.08. The molecule has 0 fully saturated rings. The summed E-state index contributed by atoms with van der Waals surface area (Å²) in [5.74, 6) is -0.404. The quantitative estimate of drug-likeness (QED) is 0.626. The first kappa shape index (κ1) is 15.0. The normalized spacial score (nSPS) is 9.84. The van der Waals surface area contributed by atoms with Crippen LogP contribution in [0.4, 0.5) is 10.5 Å². The first-order chi connectivity index (χ1) is 9.08. The number of esters is 1. The molecule has 1 aromatic rings. The molecule has 6 nitrogen and oxygen atoms in total. The lowest BCUT2D eigenvalue weighted by atomic mass is 10.1. The van der Waals surface area contributed by atoms with Crippen molar-refractivity contribution >= 4 is 17.7 Å². The van der Waals surface area contributed by atoms with Crippen LogP contribution in [0.25, 0.3) is 0 Å². The van der Waals surface area contributed by atoms with Crippen LogP contribution >= 0.6 is 0 Å². The van der Waals surface area contributed by atoms with Gasteiger partial charge in [-0.15, -0.1) is 0 Å². The maximum atomic E-state index is 11.5. The summed E-state index contributed by atoms with van der Waals surface area (Å²) >= 11 is 0. The van der Waals surface area contributed by atoms with E-state index in [2.05, 4.69) is 15.4 Å². The van der Waals surface area contributed by atoms with Gasteiger partial charge in [-0.2, -0.15) is 0 Å². The number of hydrogen-bond donors (Lipinski definition) is 2. The first-order valence-electron chi connectivity index (χ1n) is 5.81. The summed E-state index contributed by atoms with van der Waals surface area (Å²) in [7, 11) is 2.89. The number of anilines is 1. The van der Waals surface area contributed by atoms with E-state index in [9.17, 15) is 9.59 Å². The van der Waals surface area contributed by atoms with E-state index in [4.69, 9.17) is 4.74 Å². The minimum atomic E-state index is -0.404. The Bertz CT molecular complexity index is 460. The average molecular weight is 266 g/mol. The van der Waals surface area contributed by atoms with Crippen LogP contribution in [0.2, 0.25) is 0 Å². The minimum absolute atomic E-state index is 0.314. The number of methoxy groups -OCH3 is 2. The molecule has 1 rings (SSSR count). The van der Waals surface area contributed by atoms with Gasteiger partial charge in [0.15, 0.2) is 0 Å². The molecule has 0 unspecified atom stereocenters. The van der Waals surface area contributed by atoms with Gasteiger partial charge in [0.1, 0.15) is 0 Å². The molecule has 0 aliphatic heterocycles. The third-order valence-electron chi connectivity index (χ3n) is 2.49. The topological polar surface area (TPSA) is 76.7 Å². The second kappa shape index (κ2) is 7.38. The van der Waals surface area contributed by atoms with E-state index < -0.39 is 5.97 Å². The van der Waals surface area contributed by atoms with Crippen LogP contribution in [0, 0.1) is 6.92 Å². The molecule has 0 saturated heterocycles. The van der Waals surface area contributed by atoms with Crippen molar-refractivity contribution in [3.05, 3.63) is 29.3 Å². The van der Waals surface area contributed by atoms with Gasteiger partial charge in [-0.3, -0.25) is 0 Å². The largest absolute Gasteiger partial charge is 0.465 e. The summed E-state index contributed by atoms with van der Waals surface area (Å²) in [6, 6.07) is 4.61. The van der Waals surface area contributed by atoms with Gasteiger partial charge in [-0.25, -0.2) is 9.59 Å². The highest BCUT2D eigenvalue weighted by Gasteiger charge is 2.09. The Labute approximate surface area is 112 Å². The number of ether oxygens (including phenoxy) is 2. The molecule has 104 valence electrons. The van der Waals surface area contributed by atoms with Gasteiger partial charge < -0.3 is 20.1 Å². The summed E-state index contributed by atoms with van der Waals surface area (Å²) in [5, 5.41) is 5.34. The predicted octanol–water partition coefficient (Wildman–Crippen LogP) is 1.55. The number of benzene rings is 1. The van der Waals surface area contributed by atoms with Crippen molar-refractivity contribution in [3.8, 4) is 0 Å². The van der Waals surface area contributed by atoms with Crippen molar-refractivity contribution in [1.82, 2.24) is 5.32 Å². The molecule has 0 saturated carbocycles. The second-order valence-corrected chi connectivity index (χ2v) is 3.89. The summed E-state index contributed by atoms with van der Waals surface area (Å²) in [5.41, 5.74) is 1.87. The summed E-state index contributed by atoms with van der Waals surface area (Å²) in [6.07, 6.45) is 0. The molecule has 6 heteroatoms. The van der Waals surface area contributed by atoms with E-state index in [0.29, 0.717) is 24.4 Å². The van der Waals surface area contributed by atoms with E-state index in [1.807, 2.05) is 0 Å². The maximum Gasteiger partial charge on any atom is 0.337 e. The van der Waals surface area contributed by atoms with Gasteiger partial charge in [0, 0.05) is 19.3 Å². The van der Waals surface area contributed by atoms with Crippen LogP contribution in [0.15, 0.2) is 18.2 Å². The van der Waals surface area contributed by atoms with Crippen LogP contribution in [-0.2, 0) is 9.47 Å². The molecule has 19 heavy (non-hydrogen) atoms. The number of amides is 2. The molecule has 0 aliphatic carbocycles. The van der Waals surface area contributed by atoms with Crippen molar-refractivity contribution in [2.24, 2.45) is 0 Å². The van der Waals surface area contributed by atoms with Gasteiger partial charge in [0.25, 0.3) is 0 Å². The van der Waals surface area contributed by atoms with Crippen molar-refractivity contribution in [2.45, 2.75) is 6.92 Å². The average Bonchev–Trinajstić information content (AvgIpc) is 2.40. The predicted molar refractivity (Wildman–Crippen MR) is 71.4 cm³/mol. The van der Waals surface area contributed by atoms with Crippen molar-refractivity contribution < 1.29 is 19.1 Å². The Kier molecular flexibility index (Phi) is 5.81. The van der Waals surface area contributed by atoms with Gasteiger partial charge in [-0.05, 0) is 30.7 Å². The van der Waals surface area contributed by atoms with Gasteiger partial charge in [0.05, 0.1) is 19.3 Å². The maximum absolute atomic E-state index is 11.5. The number of hydrogen-bond acceptors (Lipinski definition) is 4. The number of rotatable bonds is 5. The molecule has 0 aromatic heterocycles. The van der Waals surface area contributed by atoms with Crippen LogP contribution in [0.1, 0.15) is 15.9 Å². The highest BCUT2D eigenvalue weighted by atomic mass is 16.5. The SMILES string of the molecule is COCCNC(=O)Nc1ccc(C(=O)OC)cc1C. The van der Waals surface area contributed by atoms with E-state index in [-0.39, 0.29) is 6.03 Å². The minimum Gasteiger partial charge on any atom is -0.465 e. The highest BCUT2D eigenvalue weighted by molar-refractivity contribution is 5.93. The molecule has 0 aliphatic rings. The number of carbonyl (C=O) groups is 2. The van der Waals surface area contributed by atoms with Crippen molar-refractivity contribution in [3.63, 3.8) is 0 Å². The van der Waals surface area contributed by atoms with E-state index in [0.717, 1.165) is 5.56 Å². The van der Waals surface area contributed by atoms with Crippen molar-refractivity contribution in [1.29, 1.82) is 0 Å². The highest BCUT2D eigenvalue weighted by Crippen LogP contribution is 2.16. The lowest BCUT2D eigenvalue weighted by Gasteiger charge is -2.10. The zero-order valence-corrected chi connectivity index (χ0v) is 11.3. The molecule has 0 heterocycles. The van der Waals surface area contributed by atoms with Gasteiger partial charge in [0.2, 0.25) is 0 Å². The molecular formula is C13H18N2O4. The fraction of sp³-hybridized carbons (Fsp3) is 0.385.